The van der Waals surface area contributed by atoms with Crippen molar-refractivity contribution in [1.29, 1.82) is 0 Å². The second-order valence-corrected chi connectivity index (χ2v) is 6.35. The molecule has 5 heteroatoms. The zero-order valence-corrected chi connectivity index (χ0v) is 15.3. The van der Waals surface area contributed by atoms with Gasteiger partial charge in [0.1, 0.15) is 12.4 Å². The minimum Gasteiger partial charge on any atom is -0.375 e. The second-order valence-electron chi connectivity index (χ2n) is 6.35. The normalized spacial score (nSPS) is 12.2. The van der Waals surface area contributed by atoms with Crippen LogP contribution in [0.4, 0.5) is 0 Å². The van der Waals surface area contributed by atoms with Gasteiger partial charge < -0.3 is 14.6 Å². The highest BCUT2D eigenvalue weighted by atomic mass is 16.5. The number of hydrogen-bond acceptors (Lipinski definition) is 3. The van der Waals surface area contributed by atoms with Gasteiger partial charge in [0.2, 0.25) is 5.91 Å². The molecule has 0 aliphatic carbocycles. The summed E-state index contributed by atoms with van der Waals surface area (Å²) < 4.78 is 7.21. The molecule has 1 heterocycles. The number of hydrogen-bond donors (Lipinski definition) is 1. The Morgan fingerprint density at radius 1 is 1.15 bits per heavy atom. The van der Waals surface area contributed by atoms with Crippen LogP contribution in [-0.4, -0.2) is 29.2 Å². The molecule has 136 valence electrons. The molecular weight excluding hydrogens is 326 g/mol. The number of amides is 1. The third kappa shape index (κ3) is 4.11. The quantitative estimate of drug-likeness (QED) is 0.676. The molecule has 0 aliphatic rings. The first-order valence-electron chi connectivity index (χ1n) is 9.00. The van der Waals surface area contributed by atoms with E-state index in [4.69, 9.17) is 9.72 Å². The number of ether oxygens (including phenoxy) is 1. The van der Waals surface area contributed by atoms with E-state index in [0.29, 0.717) is 6.42 Å². The number of aryl methyl sites for hydroxylation is 1. The highest BCUT2D eigenvalue weighted by molar-refractivity contribution is 5.79. The average Bonchev–Trinajstić information content (AvgIpc) is 3.01. The van der Waals surface area contributed by atoms with E-state index in [9.17, 15) is 4.79 Å². The molecule has 3 aromatic rings. The number of imidazole rings is 1. The Morgan fingerprint density at radius 3 is 2.62 bits per heavy atom. The van der Waals surface area contributed by atoms with Crippen LogP contribution in [0.5, 0.6) is 0 Å². The molecule has 26 heavy (non-hydrogen) atoms. The molecule has 0 saturated carbocycles. The number of para-hydroxylation sites is 2. The van der Waals surface area contributed by atoms with Gasteiger partial charge in [-0.2, -0.15) is 0 Å². The maximum absolute atomic E-state index is 12.2. The maximum Gasteiger partial charge on any atom is 0.246 e. The summed E-state index contributed by atoms with van der Waals surface area (Å²) >= 11 is 0. The van der Waals surface area contributed by atoms with E-state index in [1.807, 2.05) is 36.4 Å². The van der Waals surface area contributed by atoms with Gasteiger partial charge in [0.05, 0.1) is 17.1 Å². The van der Waals surface area contributed by atoms with Crippen LogP contribution in [0.25, 0.3) is 11.0 Å². The van der Waals surface area contributed by atoms with Crippen LogP contribution in [-0.2, 0) is 22.5 Å². The van der Waals surface area contributed by atoms with Crippen molar-refractivity contribution in [2.24, 2.45) is 0 Å². The molecule has 2 aromatic carbocycles. The van der Waals surface area contributed by atoms with Crippen molar-refractivity contribution in [3.05, 3.63) is 66.0 Å². The molecular formula is C21H25N3O2. The molecule has 1 aromatic heterocycles. The smallest absolute Gasteiger partial charge is 0.246 e. The van der Waals surface area contributed by atoms with Crippen molar-refractivity contribution in [2.75, 3.05) is 13.7 Å². The Hall–Kier alpha value is -2.66. The summed E-state index contributed by atoms with van der Waals surface area (Å²) in [6.07, 6.45) is 1.68. The van der Waals surface area contributed by atoms with E-state index in [1.165, 1.54) is 7.11 Å². The molecule has 0 bridgehead atoms. The van der Waals surface area contributed by atoms with Gasteiger partial charge in [-0.15, -0.1) is 0 Å². The average molecular weight is 351 g/mol. The van der Waals surface area contributed by atoms with Gasteiger partial charge in [0.25, 0.3) is 0 Å². The number of methoxy groups -OCH3 is 1. The molecule has 1 amide bonds. The van der Waals surface area contributed by atoms with Gasteiger partial charge in [-0.3, -0.25) is 4.79 Å². The fourth-order valence-corrected chi connectivity index (χ4v) is 3.24. The minimum atomic E-state index is -0.209. The number of rotatable bonds is 8. The second kappa shape index (κ2) is 8.63. The van der Waals surface area contributed by atoms with Crippen LogP contribution in [0.15, 0.2) is 54.6 Å². The largest absolute Gasteiger partial charge is 0.375 e. The molecule has 0 fully saturated rings. The maximum atomic E-state index is 12.2. The van der Waals surface area contributed by atoms with Crippen LogP contribution >= 0.6 is 0 Å². The van der Waals surface area contributed by atoms with Gasteiger partial charge in [0.15, 0.2) is 0 Å². The van der Waals surface area contributed by atoms with Crippen molar-refractivity contribution < 1.29 is 9.53 Å². The standard InChI is InChI=1S/C21H25N3O2/c1-3-13-24-19-12-8-7-11-17(19)23-21(24)18(22-20(25)15-26-2)14-16-9-5-4-6-10-16/h4-12,18H,3,13-15H2,1-2H3,(H,22,25)/t18-/m0/s1. The molecule has 0 aliphatic heterocycles. The monoisotopic (exact) mass is 351 g/mol. The number of nitrogens with one attached hydrogen (secondary N) is 1. The highest BCUT2D eigenvalue weighted by Gasteiger charge is 2.22. The van der Waals surface area contributed by atoms with E-state index in [1.54, 1.807) is 0 Å². The summed E-state index contributed by atoms with van der Waals surface area (Å²) in [5.41, 5.74) is 3.21. The Labute approximate surface area is 154 Å². The zero-order valence-electron chi connectivity index (χ0n) is 15.3. The third-order valence-corrected chi connectivity index (χ3v) is 4.34. The fraction of sp³-hybridized carbons (Fsp3) is 0.333. The molecule has 0 saturated heterocycles. The summed E-state index contributed by atoms with van der Waals surface area (Å²) in [7, 11) is 1.53. The number of nitrogens with zero attached hydrogens (tertiary/aromatic N) is 2. The summed E-state index contributed by atoms with van der Waals surface area (Å²) in [5, 5.41) is 3.10. The lowest BCUT2D eigenvalue weighted by Crippen LogP contribution is -2.34. The van der Waals surface area contributed by atoms with Gasteiger partial charge in [-0.1, -0.05) is 49.4 Å². The Bertz CT molecular complexity index is 858. The number of benzene rings is 2. The van der Waals surface area contributed by atoms with E-state index >= 15 is 0 Å². The summed E-state index contributed by atoms with van der Waals surface area (Å²) in [5.74, 6) is 0.755. The lowest BCUT2D eigenvalue weighted by Gasteiger charge is -2.20. The lowest BCUT2D eigenvalue weighted by atomic mass is 10.1. The topological polar surface area (TPSA) is 56.2 Å². The van der Waals surface area contributed by atoms with Crippen molar-refractivity contribution >= 4 is 16.9 Å². The SMILES string of the molecule is CCCn1c([C@H](Cc2ccccc2)NC(=O)COC)nc2ccccc21. The number of aromatic nitrogens is 2. The Morgan fingerprint density at radius 2 is 1.88 bits per heavy atom. The Kier molecular flexibility index (Phi) is 6.02. The molecule has 1 N–H and O–H groups in total. The van der Waals surface area contributed by atoms with Crippen LogP contribution in [0.2, 0.25) is 0 Å². The fourth-order valence-electron chi connectivity index (χ4n) is 3.24. The van der Waals surface area contributed by atoms with Crippen molar-refractivity contribution in [2.45, 2.75) is 32.4 Å². The van der Waals surface area contributed by atoms with Crippen LogP contribution in [0.3, 0.4) is 0 Å². The minimum absolute atomic E-state index is 0.0410. The van der Waals surface area contributed by atoms with Crippen LogP contribution < -0.4 is 5.32 Å². The van der Waals surface area contributed by atoms with Crippen molar-refractivity contribution in [3.8, 4) is 0 Å². The van der Waals surface area contributed by atoms with Crippen LogP contribution in [0, 0.1) is 0 Å². The predicted molar refractivity (Wildman–Crippen MR) is 103 cm³/mol. The Balaban J connectivity index is 2.01. The van der Waals surface area contributed by atoms with E-state index in [2.05, 4.69) is 35.0 Å². The summed E-state index contributed by atoms with van der Waals surface area (Å²) in [6.45, 7) is 3.05. The van der Waals surface area contributed by atoms with Gasteiger partial charge in [-0.05, 0) is 30.5 Å². The molecule has 0 spiro atoms. The predicted octanol–water partition coefficient (Wildman–Crippen LogP) is 3.49. The van der Waals surface area contributed by atoms with Gasteiger partial charge >= 0.3 is 0 Å². The van der Waals surface area contributed by atoms with Crippen LogP contribution in [0.1, 0.15) is 30.8 Å². The van der Waals surface area contributed by atoms with Crippen molar-refractivity contribution in [3.63, 3.8) is 0 Å². The van der Waals surface area contributed by atoms with Gasteiger partial charge in [-0.25, -0.2) is 4.98 Å². The van der Waals surface area contributed by atoms with E-state index in [-0.39, 0.29) is 18.6 Å². The molecule has 0 unspecified atom stereocenters. The summed E-state index contributed by atoms with van der Waals surface area (Å²) in [4.78, 5) is 17.1. The molecule has 1 atom stereocenters. The first kappa shape index (κ1) is 18.1. The van der Waals surface area contributed by atoms with Gasteiger partial charge in [0, 0.05) is 13.7 Å². The lowest BCUT2D eigenvalue weighted by molar-refractivity contribution is -0.125. The summed E-state index contributed by atoms with van der Waals surface area (Å²) in [6, 6.07) is 18.1. The number of fused-ring (bicyclic) bond motifs is 1. The molecule has 0 radical (unpaired) electrons. The number of carbonyl (C=O) groups excluding carboxylic acids is 1. The molecule has 5 nitrogen and oxygen atoms in total. The number of carbonyl (C=O) groups is 1. The molecule has 3 rings (SSSR count). The van der Waals surface area contributed by atoms with E-state index in [0.717, 1.165) is 35.4 Å². The third-order valence-electron chi connectivity index (χ3n) is 4.34. The highest BCUT2D eigenvalue weighted by Crippen LogP contribution is 2.24. The first-order chi connectivity index (χ1) is 12.7. The van der Waals surface area contributed by atoms with E-state index < -0.39 is 0 Å². The van der Waals surface area contributed by atoms with Crippen molar-refractivity contribution in [1.82, 2.24) is 14.9 Å². The first-order valence-corrected chi connectivity index (χ1v) is 9.00. The zero-order chi connectivity index (χ0) is 18.4.